The number of rotatable bonds is 4. The summed E-state index contributed by atoms with van der Waals surface area (Å²) in [5.74, 6) is 0. The van der Waals surface area contributed by atoms with Crippen molar-refractivity contribution in [1.29, 1.82) is 0 Å². The van der Waals surface area contributed by atoms with Gasteiger partial charge in [0.1, 0.15) is 0 Å². The number of hydrogen-bond acceptors (Lipinski definition) is 2. The second-order valence-corrected chi connectivity index (χ2v) is 7.14. The van der Waals surface area contributed by atoms with E-state index in [1.807, 2.05) is 0 Å². The average Bonchev–Trinajstić information content (AvgIpc) is 2.41. The molecule has 0 bridgehead atoms. The van der Waals surface area contributed by atoms with E-state index in [0.717, 1.165) is 6.54 Å². The standard InChI is InChI=1S/C18H30N2/c1-15-10-8-9-13-20(15)17(14-19-18(2,3)4)16-11-6-5-7-12-16/h5-7,11-12,15,17,19H,8-10,13-14H2,1-4H3. The lowest BCUT2D eigenvalue weighted by Crippen LogP contribution is -2.47. The molecule has 2 rings (SSSR count). The molecule has 2 heteroatoms. The van der Waals surface area contributed by atoms with E-state index in [1.54, 1.807) is 0 Å². The van der Waals surface area contributed by atoms with Crippen molar-refractivity contribution in [1.82, 2.24) is 10.2 Å². The van der Waals surface area contributed by atoms with Crippen LogP contribution in [0.2, 0.25) is 0 Å². The smallest absolute Gasteiger partial charge is 0.0475 e. The van der Waals surface area contributed by atoms with Crippen molar-refractivity contribution in [3.05, 3.63) is 35.9 Å². The minimum atomic E-state index is 0.173. The maximum Gasteiger partial charge on any atom is 0.0475 e. The fourth-order valence-electron chi connectivity index (χ4n) is 3.09. The molecule has 1 aromatic carbocycles. The third-order valence-corrected chi connectivity index (χ3v) is 4.26. The molecule has 1 aliphatic rings. The van der Waals surface area contributed by atoms with Crippen molar-refractivity contribution in [2.75, 3.05) is 13.1 Å². The Morgan fingerprint density at radius 2 is 1.90 bits per heavy atom. The number of likely N-dealkylation sites (tertiary alicyclic amines) is 1. The van der Waals surface area contributed by atoms with Crippen LogP contribution in [0.3, 0.4) is 0 Å². The van der Waals surface area contributed by atoms with Gasteiger partial charge in [-0.15, -0.1) is 0 Å². The molecular weight excluding hydrogens is 244 g/mol. The first-order valence-electron chi connectivity index (χ1n) is 8.03. The zero-order valence-electron chi connectivity index (χ0n) is 13.5. The van der Waals surface area contributed by atoms with E-state index < -0.39 is 0 Å². The SMILES string of the molecule is CC1CCCCN1C(CNC(C)(C)C)c1ccccc1. The van der Waals surface area contributed by atoms with Gasteiger partial charge in [0, 0.05) is 24.2 Å². The van der Waals surface area contributed by atoms with Crippen LogP contribution in [0, 0.1) is 0 Å². The monoisotopic (exact) mass is 274 g/mol. The van der Waals surface area contributed by atoms with Crippen molar-refractivity contribution < 1.29 is 0 Å². The summed E-state index contributed by atoms with van der Waals surface area (Å²) in [6.45, 7) is 11.4. The van der Waals surface area contributed by atoms with Gasteiger partial charge in [0.05, 0.1) is 0 Å². The van der Waals surface area contributed by atoms with E-state index >= 15 is 0 Å². The molecule has 0 radical (unpaired) electrons. The van der Waals surface area contributed by atoms with Crippen molar-refractivity contribution in [2.24, 2.45) is 0 Å². The second-order valence-electron chi connectivity index (χ2n) is 7.14. The van der Waals surface area contributed by atoms with Crippen LogP contribution in [0.25, 0.3) is 0 Å². The summed E-state index contributed by atoms with van der Waals surface area (Å²) in [5, 5.41) is 3.70. The van der Waals surface area contributed by atoms with E-state index in [2.05, 4.69) is 68.2 Å². The molecule has 2 unspecified atom stereocenters. The molecule has 0 amide bonds. The predicted molar refractivity (Wildman–Crippen MR) is 87.0 cm³/mol. The van der Waals surface area contributed by atoms with Gasteiger partial charge in [0.25, 0.3) is 0 Å². The van der Waals surface area contributed by atoms with Gasteiger partial charge < -0.3 is 5.32 Å². The highest BCUT2D eigenvalue weighted by Gasteiger charge is 2.27. The molecule has 1 saturated heterocycles. The van der Waals surface area contributed by atoms with Crippen LogP contribution in [0.15, 0.2) is 30.3 Å². The zero-order chi connectivity index (χ0) is 14.6. The molecule has 0 saturated carbocycles. The molecular formula is C18H30N2. The summed E-state index contributed by atoms with van der Waals surface area (Å²) in [6.07, 6.45) is 4.05. The Bertz CT molecular complexity index is 394. The fraction of sp³-hybridized carbons (Fsp3) is 0.667. The summed E-state index contributed by atoms with van der Waals surface area (Å²) in [5.41, 5.74) is 1.62. The zero-order valence-corrected chi connectivity index (χ0v) is 13.5. The first-order chi connectivity index (χ1) is 9.47. The number of piperidine rings is 1. The Morgan fingerprint density at radius 1 is 1.20 bits per heavy atom. The van der Waals surface area contributed by atoms with E-state index in [0.29, 0.717) is 12.1 Å². The summed E-state index contributed by atoms with van der Waals surface area (Å²) in [6, 6.07) is 12.2. The second kappa shape index (κ2) is 6.73. The molecule has 1 fully saturated rings. The Morgan fingerprint density at radius 3 is 2.50 bits per heavy atom. The van der Waals surface area contributed by atoms with Gasteiger partial charge in [-0.25, -0.2) is 0 Å². The molecule has 1 N–H and O–H groups in total. The molecule has 20 heavy (non-hydrogen) atoms. The van der Waals surface area contributed by atoms with Crippen LogP contribution in [-0.2, 0) is 0 Å². The molecule has 0 aromatic heterocycles. The highest BCUT2D eigenvalue weighted by molar-refractivity contribution is 5.20. The minimum absolute atomic E-state index is 0.173. The number of nitrogens with one attached hydrogen (secondary N) is 1. The van der Waals surface area contributed by atoms with E-state index in [1.165, 1.54) is 31.4 Å². The average molecular weight is 274 g/mol. The van der Waals surface area contributed by atoms with E-state index in [9.17, 15) is 0 Å². The highest BCUT2D eigenvalue weighted by atomic mass is 15.2. The topological polar surface area (TPSA) is 15.3 Å². The molecule has 0 aliphatic carbocycles. The maximum atomic E-state index is 3.70. The Labute approximate surface area is 124 Å². The van der Waals surface area contributed by atoms with Gasteiger partial charge >= 0.3 is 0 Å². The van der Waals surface area contributed by atoms with Gasteiger partial charge in [0.2, 0.25) is 0 Å². The summed E-state index contributed by atoms with van der Waals surface area (Å²) >= 11 is 0. The quantitative estimate of drug-likeness (QED) is 0.893. The van der Waals surface area contributed by atoms with Crippen molar-refractivity contribution >= 4 is 0 Å². The van der Waals surface area contributed by atoms with Crippen LogP contribution in [0.4, 0.5) is 0 Å². The van der Waals surface area contributed by atoms with Crippen LogP contribution in [0.5, 0.6) is 0 Å². The van der Waals surface area contributed by atoms with Gasteiger partial charge in [0.15, 0.2) is 0 Å². The number of hydrogen-bond donors (Lipinski definition) is 1. The lowest BCUT2D eigenvalue weighted by atomic mass is 9.96. The molecule has 0 spiro atoms. The molecule has 1 heterocycles. The third-order valence-electron chi connectivity index (χ3n) is 4.26. The van der Waals surface area contributed by atoms with Crippen molar-refractivity contribution in [3.8, 4) is 0 Å². The van der Waals surface area contributed by atoms with Crippen LogP contribution >= 0.6 is 0 Å². The first-order valence-corrected chi connectivity index (χ1v) is 8.03. The Balaban J connectivity index is 2.15. The van der Waals surface area contributed by atoms with Crippen LogP contribution in [0.1, 0.15) is 58.6 Å². The highest BCUT2D eigenvalue weighted by Crippen LogP contribution is 2.28. The van der Waals surface area contributed by atoms with Crippen molar-refractivity contribution in [3.63, 3.8) is 0 Å². The first kappa shape index (κ1) is 15.5. The minimum Gasteiger partial charge on any atom is -0.310 e. The molecule has 112 valence electrons. The lowest BCUT2D eigenvalue weighted by molar-refractivity contribution is 0.0993. The van der Waals surface area contributed by atoms with Gasteiger partial charge in [-0.05, 0) is 52.6 Å². The lowest BCUT2D eigenvalue weighted by Gasteiger charge is -2.41. The Kier molecular flexibility index (Phi) is 5.22. The molecule has 2 nitrogen and oxygen atoms in total. The van der Waals surface area contributed by atoms with Crippen LogP contribution < -0.4 is 5.32 Å². The van der Waals surface area contributed by atoms with E-state index in [4.69, 9.17) is 0 Å². The maximum absolute atomic E-state index is 3.70. The summed E-state index contributed by atoms with van der Waals surface area (Å²) < 4.78 is 0. The number of nitrogens with zero attached hydrogens (tertiary/aromatic N) is 1. The van der Waals surface area contributed by atoms with Gasteiger partial charge in [-0.3, -0.25) is 4.90 Å². The van der Waals surface area contributed by atoms with Gasteiger partial charge in [-0.1, -0.05) is 36.8 Å². The van der Waals surface area contributed by atoms with Crippen molar-refractivity contribution in [2.45, 2.75) is 64.6 Å². The fourth-order valence-corrected chi connectivity index (χ4v) is 3.09. The number of benzene rings is 1. The molecule has 1 aromatic rings. The van der Waals surface area contributed by atoms with E-state index in [-0.39, 0.29) is 5.54 Å². The van der Waals surface area contributed by atoms with Gasteiger partial charge in [-0.2, -0.15) is 0 Å². The predicted octanol–water partition coefficient (Wildman–Crippen LogP) is 3.99. The largest absolute Gasteiger partial charge is 0.310 e. The molecule has 2 atom stereocenters. The Hall–Kier alpha value is -0.860. The van der Waals surface area contributed by atoms with Crippen LogP contribution in [-0.4, -0.2) is 29.6 Å². The molecule has 1 aliphatic heterocycles. The summed E-state index contributed by atoms with van der Waals surface area (Å²) in [7, 11) is 0. The third kappa shape index (κ3) is 4.32. The normalized spacial score (nSPS) is 22.7. The summed E-state index contributed by atoms with van der Waals surface area (Å²) in [4.78, 5) is 2.69.